The molecule has 5 heteroatoms. The van der Waals surface area contributed by atoms with Gasteiger partial charge in [0.05, 0.1) is 13.0 Å². The largest absolute Gasteiger partial charge is 0.481 e. The lowest BCUT2D eigenvalue weighted by Crippen LogP contribution is -2.13. The lowest BCUT2D eigenvalue weighted by molar-refractivity contribution is -0.136. The van der Waals surface area contributed by atoms with Gasteiger partial charge in [0.15, 0.2) is 0 Å². The Hall–Kier alpha value is -1.38. The van der Waals surface area contributed by atoms with Gasteiger partial charge in [-0.1, -0.05) is 95.1 Å². The zero-order chi connectivity index (χ0) is 23.3. The summed E-state index contributed by atoms with van der Waals surface area (Å²) in [6.45, 7) is 2.68. The molecule has 0 aliphatic carbocycles. The number of carboxylic acids is 1. The van der Waals surface area contributed by atoms with E-state index in [9.17, 15) is 9.36 Å². The van der Waals surface area contributed by atoms with Crippen molar-refractivity contribution < 1.29 is 19.0 Å². The molecule has 4 nitrogen and oxygen atoms in total. The maximum Gasteiger partial charge on any atom is 0.303 e. The van der Waals surface area contributed by atoms with Gasteiger partial charge in [-0.25, -0.2) is 0 Å². The van der Waals surface area contributed by atoms with Crippen LogP contribution in [0.5, 0.6) is 0 Å². The van der Waals surface area contributed by atoms with E-state index < -0.39 is 13.3 Å². The number of aliphatic carboxylic acids is 1. The van der Waals surface area contributed by atoms with Crippen LogP contribution < -0.4 is 5.30 Å². The van der Waals surface area contributed by atoms with Crippen molar-refractivity contribution in [2.75, 3.05) is 12.8 Å². The monoisotopic (exact) mass is 464 g/mol. The van der Waals surface area contributed by atoms with E-state index in [4.69, 9.17) is 9.63 Å². The van der Waals surface area contributed by atoms with Crippen LogP contribution in [0.25, 0.3) is 0 Å². The molecule has 1 atom stereocenters. The molecule has 0 spiro atoms. The lowest BCUT2D eigenvalue weighted by Gasteiger charge is -2.18. The summed E-state index contributed by atoms with van der Waals surface area (Å²) in [6, 6.07) is 9.03. The smallest absolute Gasteiger partial charge is 0.303 e. The average molecular weight is 465 g/mol. The van der Waals surface area contributed by atoms with Crippen molar-refractivity contribution in [3.8, 4) is 0 Å². The summed E-state index contributed by atoms with van der Waals surface area (Å²) in [5.41, 5.74) is 0. The number of carbonyl (C=O) groups is 1. The van der Waals surface area contributed by atoms with Gasteiger partial charge in [-0.05, 0) is 44.2 Å². The van der Waals surface area contributed by atoms with E-state index in [0.29, 0.717) is 11.9 Å². The van der Waals surface area contributed by atoms with Crippen LogP contribution >= 0.6 is 7.37 Å². The summed E-state index contributed by atoms with van der Waals surface area (Å²) in [4.78, 5) is 10.9. The summed E-state index contributed by atoms with van der Waals surface area (Å²) < 4.78 is 19.0. The molecule has 182 valence electrons. The van der Waals surface area contributed by atoms with Crippen molar-refractivity contribution in [1.82, 2.24) is 0 Å². The molecule has 0 aliphatic rings. The Kier molecular flexibility index (Phi) is 17.1. The van der Waals surface area contributed by atoms with E-state index >= 15 is 0 Å². The first-order valence-electron chi connectivity index (χ1n) is 12.7. The molecule has 0 radical (unpaired) electrons. The topological polar surface area (TPSA) is 63.6 Å². The molecule has 1 unspecified atom stereocenters. The summed E-state index contributed by atoms with van der Waals surface area (Å²) in [6.07, 6.45) is 22.0. The Morgan fingerprint density at radius 2 is 1.38 bits per heavy atom. The number of hydrogen-bond acceptors (Lipinski definition) is 3. The highest BCUT2D eigenvalue weighted by Crippen LogP contribution is 2.46. The molecule has 0 amide bonds. The Labute approximate surface area is 196 Å². The van der Waals surface area contributed by atoms with E-state index in [2.05, 4.69) is 19.1 Å². The second kappa shape index (κ2) is 19.1. The van der Waals surface area contributed by atoms with Crippen LogP contribution in [0.3, 0.4) is 0 Å². The maximum absolute atomic E-state index is 13.2. The molecule has 0 aliphatic heterocycles. The Bertz CT molecular complexity index is 657. The van der Waals surface area contributed by atoms with Crippen molar-refractivity contribution in [1.29, 1.82) is 0 Å². The van der Waals surface area contributed by atoms with Crippen molar-refractivity contribution in [2.24, 2.45) is 0 Å². The standard InChI is InChI=1S/C27H45O4P/c1-2-3-4-5-6-7-8-9-10-11-12-13-14-15-16-20-24-31-32(30,25-23-27(28)29)26-21-18-17-19-22-26/h9-10,17-19,21-22H,2-8,11-16,20,23-25H2,1H3,(H,28,29)/b10-9-. The minimum Gasteiger partial charge on any atom is -0.481 e. The molecule has 0 bridgehead atoms. The number of carboxylic acid groups (broad SMARTS) is 1. The van der Waals surface area contributed by atoms with Gasteiger partial charge in [-0.3, -0.25) is 9.36 Å². The molecule has 0 saturated heterocycles. The van der Waals surface area contributed by atoms with Crippen LogP contribution in [-0.2, 0) is 13.9 Å². The number of unbranched alkanes of at least 4 members (excludes halogenated alkanes) is 12. The zero-order valence-electron chi connectivity index (χ0n) is 20.2. The van der Waals surface area contributed by atoms with Gasteiger partial charge in [0.2, 0.25) is 7.37 Å². The molecule has 0 aromatic heterocycles. The van der Waals surface area contributed by atoms with Gasteiger partial charge in [0.25, 0.3) is 0 Å². The number of allylic oxidation sites excluding steroid dienone is 2. The Morgan fingerprint density at radius 3 is 1.94 bits per heavy atom. The van der Waals surface area contributed by atoms with Crippen LogP contribution in [-0.4, -0.2) is 23.8 Å². The fourth-order valence-corrected chi connectivity index (χ4v) is 5.80. The molecule has 0 saturated carbocycles. The lowest BCUT2D eigenvalue weighted by atomic mass is 10.1. The number of benzene rings is 1. The molecule has 1 rings (SSSR count). The maximum atomic E-state index is 13.2. The minimum absolute atomic E-state index is 0.0543. The van der Waals surface area contributed by atoms with E-state index in [-0.39, 0.29) is 12.6 Å². The minimum atomic E-state index is -3.10. The van der Waals surface area contributed by atoms with E-state index in [1.807, 2.05) is 18.2 Å². The number of hydrogen-bond donors (Lipinski definition) is 1. The first-order valence-corrected chi connectivity index (χ1v) is 14.6. The van der Waals surface area contributed by atoms with E-state index in [1.165, 1.54) is 70.6 Å². The fraction of sp³-hybridized carbons (Fsp3) is 0.667. The van der Waals surface area contributed by atoms with E-state index in [1.54, 1.807) is 12.1 Å². The third-order valence-electron chi connectivity index (χ3n) is 5.73. The highest BCUT2D eigenvalue weighted by atomic mass is 31.2. The van der Waals surface area contributed by atoms with Gasteiger partial charge in [-0.2, -0.15) is 0 Å². The molecule has 1 aromatic rings. The van der Waals surface area contributed by atoms with Crippen molar-refractivity contribution in [2.45, 2.75) is 103 Å². The molecular formula is C27H45O4P. The summed E-state index contributed by atoms with van der Waals surface area (Å²) in [5.74, 6) is -0.943. The predicted octanol–water partition coefficient (Wildman–Crippen LogP) is 8.12. The molecular weight excluding hydrogens is 419 g/mol. The molecule has 32 heavy (non-hydrogen) atoms. The van der Waals surface area contributed by atoms with Gasteiger partial charge in [-0.15, -0.1) is 0 Å². The third kappa shape index (κ3) is 14.6. The van der Waals surface area contributed by atoms with Crippen molar-refractivity contribution >= 4 is 18.6 Å². The van der Waals surface area contributed by atoms with Crippen LogP contribution in [0.4, 0.5) is 0 Å². The number of rotatable bonds is 21. The van der Waals surface area contributed by atoms with Crippen LogP contribution in [0.2, 0.25) is 0 Å². The molecule has 1 aromatic carbocycles. The van der Waals surface area contributed by atoms with Crippen LogP contribution in [0.15, 0.2) is 42.5 Å². The predicted molar refractivity (Wildman–Crippen MR) is 136 cm³/mol. The summed E-state index contributed by atoms with van der Waals surface area (Å²) >= 11 is 0. The highest BCUT2D eigenvalue weighted by Gasteiger charge is 2.26. The van der Waals surface area contributed by atoms with Gasteiger partial charge in [0, 0.05) is 11.5 Å². The first-order chi connectivity index (χ1) is 15.6. The Balaban J connectivity index is 2.05. The van der Waals surface area contributed by atoms with Crippen LogP contribution in [0.1, 0.15) is 103 Å². The molecule has 1 N–H and O–H groups in total. The summed E-state index contributed by atoms with van der Waals surface area (Å²) in [5, 5.41) is 9.58. The van der Waals surface area contributed by atoms with Gasteiger partial charge in [0.1, 0.15) is 0 Å². The first kappa shape index (κ1) is 28.7. The fourth-order valence-electron chi connectivity index (χ4n) is 3.73. The quantitative estimate of drug-likeness (QED) is 0.113. The molecule has 0 heterocycles. The van der Waals surface area contributed by atoms with Crippen molar-refractivity contribution in [3.63, 3.8) is 0 Å². The third-order valence-corrected chi connectivity index (χ3v) is 8.22. The van der Waals surface area contributed by atoms with Crippen molar-refractivity contribution in [3.05, 3.63) is 42.5 Å². The van der Waals surface area contributed by atoms with Gasteiger partial charge >= 0.3 is 5.97 Å². The highest BCUT2D eigenvalue weighted by molar-refractivity contribution is 7.67. The van der Waals surface area contributed by atoms with E-state index in [0.717, 1.165) is 19.3 Å². The second-order valence-corrected chi connectivity index (χ2v) is 11.2. The van der Waals surface area contributed by atoms with Gasteiger partial charge < -0.3 is 9.63 Å². The van der Waals surface area contributed by atoms with Crippen LogP contribution in [0, 0.1) is 0 Å². The SMILES string of the molecule is CCCCCCCC/C=C\CCCCCCCCOP(=O)(CCC(=O)O)c1ccccc1. The Morgan fingerprint density at radius 1 is 0.844 bits per heavy atom. The summed E-state index contributed by atoms with van der Waals surface area (Å²) in [7, 11) is -3.10. The molecule has 0 fully saturated rings. The normalized spacial score (nSPS) is 13.4. The average Bonchev–Trinajstić information content (AvgIpc) is 2.80. The second-order valence-electron chi connectivity index (χ2n) is 8.65. The zero-order valence-corrected chi connectivity index (χ0v) is 21.1.